The summed E-state index contributed by atoms with van der Waals surface area (Å²) in [5.74, 6) is 0.926. The van der Waals surface area contributed by atoms with Crippen LogP contribution in [0.4, 0.5) is 24.7 Å². The predicted octanol–water partition coefficient (Wildman–Crippen LogP) is 4.24. The summed E-state index contributed by atoms with van der Waals surface area (Å²) in [4.78, 5) is 3.67. The summed E-state index contributed by atoms with van der Waals surface area (Å²) < 4.78 is 38.5. The number of fused-ring (bicyclic) bond motifs is 1. The maximum Gasteiger partial charge on any atom is 0.416 e. The SMILES string of the molecule is N=C1c2cn[nH]c2N(Cc2ccccc2)CN1c1ccc(C(F)(F)F)cc1. The lowest BCUT2D eigenvalue weighted by atomic mass is 10.1. The smallest absolute Gasteiger partial charge is 0.334 e. The summed E-state index contributed by atoms with van der Waals surface area (Å²) in [5, 5.41) is 15.4. The zero-order valence-electron chi connectivity index (χ0n) is 14.2. The van der Waals surface area contributed by atoms with Gasteiger partial charge in [-0.15, -0.1) is 0 Å². The molecular weight excluding hydrogens is 355 g/mol. The molecule has 0 saturated heterocycles. The fourth-order valence-electron chi connectivity index (χ4n) is 3.13. The molecule has 5 nitrogen and oxygen atoms in total. The Hall–Kier alpha value is -3.29. The van der Waals surface area contributed by atoms with Gasteiger partial charge >= 0.3 is 6.18 Å². The molecular formula is C19H16F3N5. The zero-order chi connectivity index (χ0) is 19.0. The first-order valence-electron chi connectivity index (χ1n) is 8.29. The molecule has 0 aliphatic carbocycles. The Morgan fingerprint density at radius 2 is 1.74 bits per heavy atom. The standard InChI is InChI=1S/C19H16F3N5/c20-19(21,22)14-6-8-15(9-7-14)27-12-26(11-13-4-2-1-3-5-13)18-16(17(27)23)10-24-25-18/h1-10,23H,11-12H2,(H,24,25). The minimum Gasteiger partial charge on any atom is -0.334 e. The number of hydrogen-bond donors (Lipinski definition) is 2. The highest BCUT2D eigenvalue weighted by atomic mass is 19.4. The molecule has 1 aliphatic rings. The van der Waals surface area contributed by atoms with E-state index in [1.165, 1.54) is 12.1 Å². The van der Waals surface area contributed by atoms with Gasteiger partial charge in [-0.3, -0.25) is 10.5 Å². The van der Waals surface area contributed by atoms with Gasteiger partial charge in [0.1, 0.15) is 11.7 Å². The molecule has 0 saturated carbocycles. The number of hydrogen-bond acceptors (Lipinski definition) is 3. The van der Waals surface area contributed by atoms with Crippen molar-refractivity contribution in [3.63, 3.8) is 0 Å². The first-order chi connectivity index (χ1) is 12.9. The van der Waals surface area contributed by atoms with Crippen molar-refractivity contribution >= 4 is 17.3 Å². The van der Waals surface area contributed by atoms with Gasteiger partial charge in [-0.1, -0.05) is 30.3 Å². The van der Waals surface area contributed by atoms with E-state index in [0.29, 0.717) is 24.5 Å². The normalized spacial score (nSPS) is 14.4. The van der Waals surface area contributed by atoms with E-state index in [0.717, 1.165) is 23.5 Å². The van der Waals surface area contributed by atoms with Crippen LogP contribution in [0.25, 0.3) is 0 Å². The summed E-state index contributed by atoms with van der Waals surface area (Å²) in [7, 11) is 0. The minimum absolute atomic E-state index is 0.197. The average Bonchev–Trinajstić information content (AvgIpc) is 3.15. The van der Waals surface area contributed by atoms with Crippen LogP contribution in [0.5, 0.6) is 0 Å². The lowest BCUT2D eigenvalue weighted by Crippen LogP contribution is -2.46. The number of halogens is 3. The van der Waals surface area contributed by atoms with Crippen LogP contribution in [-0.4, -0.2) is 22.7 Å². The van der Waals surface area contributed by atoms with Gasteiger partial charge in [0, 0.05) is 12.2 Å². The van der Waals surface area contributed by atoms with E-state index in [1.807, 2.05) is 35.2 Å². The van der Waals surface area contributed by atoms with Gasteiger partial charge in [-0.05, 0) is 29.8 Å². The third-order valence-electron chi connectivity index (χ3n) is 4.50. The van der Waals surface area contributed by atoms with E-state index >= 15 is 0 Å². The molecule has 0 unspecified atom stereocenters. The molecule has 1 aromatic heterocycles. The Labute approximate surface area is 153 Å². The topological polar surface area (TPSA) is 59.0 Å². The number of H-pyrrole nitrogens is 1. The van der Waals surface area contributed by atoms with Crippen LogP contribution in [0.2, 0.25) is 0 Å². The van der Waals surface area contributed by atoms with E-state index in [4.69, 9.17) is 5.41 Å². The van der Waals surface area contributed by atoms with Crippen molar-refractivity contribution in [1.29, 1.82) is 5.41 Å². The van der Waals surface area contributed by atoms with Gasteiger partial charge in [-0.25, -0.2) is 0 Å². The highest BCUT2D eigenvalue weighted by Gasteiger charge is 2.32. The highest BCUT2D eigenvalue weighted by molar-refractivity contribution is 6.12. The number of aromatic nitrogens is 2. The van der Waals surface area contributed by atoms with Gasteiger partial charge < -0.3 is 9.80 Å². The molecule has 2 aromatic carbocycles. The second-order valence-electron chi connectivity index (χ2n) is 6.28. The first-order valence-corrected chi connectivity index (χ1v) is 8.29. The van der Waals surface area contributed by atoms with Gasteiger partial charge in [-0.2, -0.15) is 18.3 Å². The molecule has 0 spiro atoms. The molecule has 0 atom stereocenters. The first kappa shape index (κ1) is 17.1. The average molecular weight is 371 g/mol. The van der Waals surface area contributed by atoms with Gasteiger partial charge in [0.25, 0.3) is 0 Å². The number of benzene rings is 2. The number of anilines is 2. The van der Waals surface area contributed by atoms with Gasteiger partial charge in [0.15, 0.2) is 0 Å². The number of alkyl halides is 3. The van der Waals surface area contributed by atoms with Crippen LogP contribution in [-0.2, 0) is 12.7 Å². The molecule has 4 rings (SSSR count). The number of amidine groups is 1. The van der Waals surface area contributed by atoms with Crippen LogP contribution in [0.1, 0.15) is 16.7 Å². The van der Waals surface area contributed by atoms with E-state index in [9.17, 15) is 13.2 Å². The van der Waals surface area contributed by atoms with Crippen molar-refractivity contribution < 1.29 is 13.2 Å². The minimum atomic E-state index is -4.38. The number of nitrogens with one attached hydrogen (secondary N) is 2. The molecule has 27 heavy (non-hydrogen) atoms. The fraction of sp³-hybridized carbons (Fsp3) is 0.158. The molecule has 0 bridgehead atoms. The molecule has 3 aromatic rings. The monoisotopic (exact) mass is 371 g/mol. The summed E-state index contributed by atoms with van der Waals surface area (Å²) in [6.45, 7) is 0.911. The summed E-state index contributed by atoms with van der Waals surface area (Å²) >= 11 is 0. The Balaban J connectivity index is 1.65. The Kier molecular flexibility index (Phi) is 4.10. The second-order valence-corrected chi connectivity index (χ2v) is 6.28. The predicted molar refractivity (Wildman–Crippen MR) is 96.8 cm³/mol. The van der Waals surface area contributed by atoms with Crippen molar-refractivity contribution in [3.8, 4) is 0 Å². The van der Waals surface area contributed by atoms with E-state index in [2.05, 4.69) is 10.2 Å². The summed E-state index contributed by atoms with van der Waals surface area (Å²) in [5.41, 5.74) is 1.51. The molecule has 0 radical (unpaired) electrons. The lowest BCUT2D eigenvalue weighted by molar-refractivity contribution is -0.137. The Morgan fingerprint density at radius 1 is 1.04 bits per heavy atom. The molecule has 1 aliphatic heterocycles. The zero-order valence-corrected chi connectivity index (χ0v) is 14.2. The summed E-state index contributed by atoms with van der Waals surface area (Å²) in [6.07, 6.45) is -2.82. The maximum absolute atomic E-state index is 12.8. The second kappa shape index (κ2) is 6.46. The van der Waals surface area contributed by atoms with Crippen LogP contribution in [0.15, 0.2) is 60.8 Å². The Morgan fingerprint density at radius 3 is 2.41 bits per heavy atom. The van der Waals surface area contributed by atoms with Crippen molar-refractivity contribution in [3.05, 3.63) is 77.5 Å². The molecule has 138 valence electrons. The Bertz CT molecular complexity index is 947. The van der Waals surface area contributed by atoms with E-state index < -0.39 is 11.7 Å². The molecule has 2 N–H and O–H groups in total. The largest absolute Gasteiger partial charge is 0.416 e. The quantitative estimate of drug-likeness (QED) is 0.724. The van der Waals surface area contributed by atoms with Crippen molar-refractivity contribution in [2.24, 2.45) is 0 Å². The van der Waals surface area contributed by atoms with Gasteiger partial charge in [0.05, 0.1) is 24.0 Å². The van der Waals surface area contributed by atoms with E-state index in [-0.39, 0.29) is 5.84 Å². The van der Waals surface area contributed by atoms with Crippen molar-refractivity contribution in [1.82, 2.24) is 10.2 Å². The molecule has 2 heterocycles. The lowest BCUT2D eigenvalue weighted by Gasteiger charge is -2.37. The number of aromatic amines is 1. The fourth-order valence-corrected chi connectivity index (χ4v) is 3.13. The van der Waals surface area contributed by atoms with Crippen molar-refractivity contribution in [2.75, 3.05) is 16.5 Å². The molecule has 8 heteroatoms. The highest BCUT2D eigenvalue weighted by Crippen LogP contribution is 2.33. The third-order valence-corrected chi connectivity index (χ3v) is 4.50. The number of rotatable bonds is 3. The van der Waals surface area contributed by atoms with Crippen LogP contribution < -0.4 is 9.80 Å². The summed E-state index contributed by atoms with van der Waals surface area (Å²) in [6, 6.07) is 14.7. The van der Waals surface area contributed by atoms with Crippen LogP contribution in [0, 0.1) is 5.41 Å². The van der Waals surface area contributed by atoms with Crippen molar-refractivity contribution in [2.45, 2.75) is 12.7 Å². The molecule has 0 amide bonds. The third kappa shape index (κ3) is 3.25. The number of nitrogens with zero attached hydrogens (tertiary/aromatic N) is 3. The maximum atomic E-state index is 12.8. The van der Waals surface area contributed by atoms with E-state index in [1.54, 1.807) is 11.1 Å². The molecule has 0 fully saturated rings. The van der Waals surface area contributed by atoms with Crippen LogP contribution >= 0.6 is 0 Å². The van der Waals surface area contributed by atoms with Gasteiger partial charge in [0.2, 0.25) is 0 Å². The van der Waals surface area contributed by atoms with Crippen LogP contribution in [0.3, 0.4) is 0 Å².